The lowest BCUT2D eigenvalue weighted by molar-refractivity contribution is 0.253. The fourth-order valence-electron chi connectivity index (χ4n) is 2.34. The maximum absolute atomic E-state index is 4.66. The summed E-state index contributed by atoms with van der Waals surface area (Å²) in [5, 5.41) is 0. The first-order valence-electron chi connectivity index (χ1n) is 5.98. The molecule has 1 aromatic rings. The molecule has 0 saturated carbocycles. The smallest absolute Gasteiger partial charge is 0.0629 e. The summed E-state index contributed by atoms with van der Waals surface area (Å²) in [5.74, 6) is 0.634. The molecule has 1 aromatic heterocycles. The number of likely N-dealkylation sites (tertiary alicyclic amines) is 1. The van der Waals surface area contributed by atoms with Crippen molar-refractivity contribution in [2.75, 3.05) is 20.1 Å². The molecule has 0 amide bonds. The predicted octanol–water partition coefficient (Wildman–Crippen LogP) is 2.84. The van der Waals surface area contributed by atoms with Crippen LogP contribution in [0, 0.1) is 6.92 Å². The molecule has 1 aliphatic heterocycles. The van der Waals surface area contributed by atoms with Crippen molar-refractivity contribution in [1.82, 2.24) is 9.88 Å². The zero-order chi connectivity index (χ0) is 11.5. The normalized spacial score (nSPS) is 18.6. The first-order chi connectivity index (χ1) is 7.69. The molecule has 2 rings (SSSR count). The highest BCUT2D eigenvalue weighted by molar-refractivity contribution is 5.43. The molecule has 1 saturated heterocycles. The van der Waals surface area contributed by atoms with Crippen molar-refractivity contribution >= 4 is 6.08 Å². The third kappa shape index (κ3) is 2.50. The largest absolute Gasteiger partial charge is 0.306 e. The van der Waals surface area contributed by atoms with E-state index < -0.39 is 0 Å². The monoisotopic (exact) mass is 216 g/mol. The zero-order valence-electron chi connectivity index (χ0n) is 10.2. The van der Waals surface area contributed by atoms with Crippen molar-refractivity contribution in [1.29, 1.82) is 0 Å². The molecule has 0 aliphatic carbocycles. The van der Waals surface area contributed by atoms with Gasteiger partial charge >= 0.3 is 0 Å². The summed E-state index contributed by atoms with van der Waals surface area (Å²) in [6, 6.07) is 4.31. The molecule has 2 heteroatoms. The summed E-state index contributed by atoms with van der Waals surface area (Å²) < 4.78 is 0. The molecule has 0 unspecified atom stereocenters. The van der Waals surface area contributed by atoms with Crippen LogP contribution in [0.15, 0.2) is 18.7 Å². The Balaban J connectivity index is 2.19. The second-order valence-electron chi connectivity index (χ2n) is 4.78. The molecule has 16 heavy (non-hydrogen) atoms. The van der Waals surface area contributed by atoms with Gasteiger partial charge in [-0.3, -0.25) is 4.98 Å². The number of hydrogen-bond donors (Lipinski definition) is 0. The second kappa shape index (κ2) is 4.79. The number of piperidine rings is 1. The minimum atomic E-state index is 0.634. The van der Waals surface area contributed by atoms with Gasteiger partial charge in [-0.25, -0.2) is 0 Å². The van der Waals surface area contributed by atoms with Crippen LogP contribution in [-0.2, 0) is 0 Å². The summed E-state index contributed by atoms with van der Waals surface area (Å²) in [5.41, 5.74) is 3.55. The molecule has 0 spiro atoms. The molecular weight excluding hydrogens is 196 g/mol. The Morgan fingerprint density at radius 2 is 2.06 bits per heavy atom. The van der Waals surface area contributed by atoms with Gasteiger partial charge < -0.3 is 4.90 Å². The van der Waals surface area contributed by atoms with Crippen LogP contribution in [0.25, 0.3) is 6.08 Å². The van der Waals surface area contributed by atoms with E-state index in [1.807, 2.05) is 6.08 Å². The fraction of sp³-hybridized carbons (Fsp3) is 0.500. The van der Waals surface area contributed by atoms with Gasteiger partial charge in [-0.05, 0) is 63.7 Å². The second-order valence-corrected chi connectivity index (χ2v) is 4.78. The van der Waals surface area contributed by atoms with Crippen molar-refractivity contribution in [3.8, 4) is 0 Å². The van der Waals surface area contributed by atoms with E-state index >= 15 is 0 Å². The van der Waals surface area contributed by atoms with Crippen LogP contribution in [0.5, 0.6) is 0 Å². The van der Waals surface area contributed by atoms with Gasteiger partial charge in [-0.2, -0.15) is 0 Å². The first kappa shape index (κ1) is 11.3. The van der Waals surface area contributed by atoms with Crippen LogP contribution < -0.4 is 0 Å². The highest BCUT2D eigenvalue weighted by Crippen LogP contribution is 2.27. The molecule has 0 N–H and O–H groups in total. The van der Waals surface area contributed by atoms with Gasteiger partial charge in [0.15, 0.2) is 0 Å². The van der Waals surface area contributed by atoms with Crippen molar-refractivity contribution in [2.45, 2.75) is 25.7 Å². The van der Waals surface area contributed by atoms with Crippen LogP contribution in [0.3, 0.4) is 0 Å². The average molecular weight is 216 g/mol. The molecule has 0 bridgehead atoms. The topological polar surface area (TPSA) is 16.1 Å². The Hall–Kier alpha value is -1.15. The number of pyridine rings is 1. The minimum Gasteiger partial charge on any atom is -0.306 e. The van der Waals surface area contributed by atoms with Gasteiger partial charge in [-0.15, -0.1) is 0 Å². The number of aromatic nitrogens is 1. The number of nitrogens with zero attached hydrogens (tertiary/aromatic N) is 2. The van der Waals surface area contributed by atoms with E-state index in [-0.39, 0.29) is 0 Å². The molecule has 2 nitrogen and oxygen atoms in total. The van der Waals surface area contributed by atoms with E-state index in [2.05, 4.69) is 42.6 Å². The van der Waals surface area contributed by atoms with Gasteiger partial charge in [0.2, 0.25) is 0 Å². The summed E-state index contributed by atoms with van der Waals surface area (Å²) in [4.78, 5) is 7.05. The third-order valence-electron chi connectivity index (χ3n) is 3.36. The fourth-order valence-corrected chi connectivity index (χ4v) is 2.34. The lowest BCUT2D eigenvalue weighted by atomic mass is 9.92. The Morgan fingerprint density at radius 3 is 2.69 bits per heavy atom. The highest BCUT2D eigenvalue weighted by Gasteiger charge is 2.19. The molecule has 0 radical (unpaired) electrons. The lowest BCUT2D eigenvalue weighted by Gasteiger charge is -2.28. The number of hydrogen-bond acceptors (Lipinski definition) is 2. The van der Waals surface area contributed by atoms with Crippen LogP contribution in [0.4, 0.5) is 0 Å². The SMILES string of the molecule is C=Cc1cc(C)cc(C2CCN(C)CC2)n1. The van der Waals surface area contributed by atoms with Crippen molar-refractivity contribution in [3.63, 3.8) is 0 Å². The quantitative estimate of drug-likeness (QED) is 0.755. The van der Waals surface area contributed by atoms with Gasteiger partial charge in [0.05, 0.1) is 5.69 Å². The summed E-state index contributed by atoms with van der Waals surface area (Å²) in [6.45, 7) is 8.30. The molecule has 0 aromatic carbocycles. The van der Waals surface area contributed by atoms with Crippen LogP contribution in [0.2, 0.25) is 0 Å². The van der Waals surface area contributed by atoms with E-state index in [0.717, 1.165) is 5.69 Å². The molecular formula is C14H20N2. The van der Waals surface area contributed by atoms with Crippen LogP contribution in [0.1, 0.15) is 35.7 Å². The summed E-state index contributed by atoms with van der Waals surface area (Å²) >= 11 is 0. The highest BCUT2D eigenvalue weighted by atomic mass is 15.1. The summed E-state index contributed by atoms with van der Waals surface area (Å²) in [7, 11) is 2.19. The third-order valence-corrected chi connectivity index (χ3v) is 3.36. The standard InChI is InChI=1S/C14H20N2/c1-4-13-9-11(2)10-14(15-13)12-5-7-16(3)8-6-12/h4,9-10,12H,1,5-8H2,2-3H3. The zero-order valence-corrected chi connectivity index (χ0v) is 10.2. The van der Waals surface area contributed by atoms with E-state index in [1.54, 1.807) is 0 Å². The molecule has 2 heterocycles. The predicted molar refractivity (Wildman–Crippen MR) is 68.5 cm³/mol. The van der Waals surface area contributed by atoms with E-state index in [4.69, 9.17) is 0 Å². The maximum atomic E-state index is 4.66. The van der Waals surface area contributed by atoms with E-state index in [0.29, 0.717) is 5.92 Å². The average Bonchev–Trinajstić information content (AvgIpc) is 2.29. The van der Waals surface area contributed by atoms with Crippen molar-refractivity contribution in [3.05, 3.63) is 35.7 Å². The van der Waals surface area contributed by atoms with Crippen LogP contribution >= 0.6 is 0 Å². The molecule has 1 fully saturated rings. The first-order valence-corrected chi connectivity index (χ1v) is 5.98. The van der Waals surface area contributed by atoms with Gasteiger partial charge in [0, 0.05) is 11.6 Å². The van der Waals surface area contributed by atoms with Crippen LogP contribution in [-0.4, -0.2) is 30.0 Å². The number of rotatable bonds is 2. The van der Waals surface area contributed by atoms with Gasteiger partial charge in [0.25, 0.3) is 0 Å². The Bertz CT molecular complexity index is 376. The molecule has 1 aliphatic rings. The van der Waals surface area contributed by atoms with E-state index in [9.17, 15) is 0 Å². The Morgan fingerprint density at radius 1 is 1.38 bits per heavy atom. The Kier molecular flexibility index (Phi) is 3.39. The Labute approximate surface area is 98.0 Å². The number of aryl methyl sites for hydroxylation is 1. The maximum Gasteiger partial charge on any atom is 0.0629 e. The van der Waals surface area contributed by atoms with Crippen molar-refractivity contribution < 1.29 is 0 Å². The minimum absolute atomic E-state index is 0.634. The van der Waals surface area contributed by atoms with Crippen molar-refractivity contribution in [2.24, 2.45) is 0 Å². The molecule has 0 atom stereocenters. The van der Waals surface area contributed by atoms with E-state index in [1.165, 1.54) is 37.2 Å². The van der Waals surface area contributed by atoms with Gasteiger partial charge in [0.1, 0.15) is 0 Å². The lowest BCUT2D eigenvalue weighted by Crippen LogP contribution is -2.29. The molecule has 86 valence electrons. The summed E-state index contributed by atoms with van der Waals surface area (Å²) in [6.07, 6.45) is 4.29. The van der Waals surface area contributed by atoms with Gasteiger partial charge in [-0.1, -0.05) is 6.58 Å².